The molecule has 54 heavy (non-hydrogen) atoms. The first-order valence-corrected chi connectivity index (χ1v) is 17.4. The maximum Gasteiger partial charge on any atom is 3.00 e. The smallest absolute Gasteiger partial charge is 0.549 e. The van der Waals surface area contributed by atoms with Crippen LogP contribution in [0.2, 0.25) is 0 Å². The third-order valence-electron chi connectivity index (χ3n) is 8.89. The number of carboxylic acids is 3. The number of carbonyl (C=O) groups is 5. The number of nitrogens with two attached hydrogens (primary N) is 1. The zero-order chi connectivity index (χ0) is 38.2. The van der Waals surface area contributed by atoms with Crippen molar-refractivity contribution >= 4 is 40.5 Å². The first-order valence-electron chi connectivity index (χ1n) is 17.4. The van der Waals surface area contributed by atoms with E-state index in [0.717, 1.165) is 27.5 Å². The van der Waals surface area contributed by atoms with Gasteiger partial charge in [0.05, 0.1) is 37.1 Å². The van der Waals surface area contributed by atoms with Crippen LogP contribution in [0.3, 0.4) is 0 Å². The van der Waals surface area contributed by atoms with Crippen molar-refractivity contribution in [3.63, 3.8) is 0 Å². The van der Waals surface area contributed by atoms with E-state index < -0.39 is 29.9 Å². The van der Waals surface area contributed by atoms with Gasteiger partial charge in [-0.1, -0.05) is 66.7 Å². The summed E-state index contributed by atoms with van der Waals surface area (Å²) in [5.74, 6) is -4.59. The third kappa shape index (κ3) is 16.4. The molecule has 1 heterocycles. The number of carboxylic acid groups (broad SMARTS) is 3. The number of fused-ring (bicyclic) bond motifs is 1. The minimum absolute atomic E-state index is 0. The van der Waals surface area contributed by atoms with Crippen molar-refractivity contribution in [3.8, 4) is 0 Å². The monoisotopic (exact) mass is 890 g/mol. The van der Waals surface area contributed by atoms with Gasteiger partial charge in [-0.2, -0.15) is 0 Å². The summed E-state index contributed by atoms with van der Waals surface area (Å²) >= 11 is 0. The van der Waals surface area contributed by atoms with Gasteiger partial charge in [-0.05, 0) is 33.9 Å². The fraction of sp³-hybridized carbons (Fsp3) is 0.432. The first-order chi connectivity index (χ1) is 25.4. The standard InChI is InChI=1S/C37H49N7O9.Gd/c38-32(20-29-9-10-30-3-1-2-4-31(30)19-29)37(52)40-53-26-28-7-5-27(6-8-28)21-39-33(45)22-41-11-13-42(23-34(46)47)15-17-44(25-36(50)51)18-16-43(14-12-41)24-35(48)49;/h1-10,19,32H,11-18,20-26,38H2,(H,39,45)(H,40,52)(H,46,47)(H,48,49)(H,50,51);/q;+3/p-3/t32-;/m1./s1. The fourth-order valence-corrected chi connectivity index (χ4v) is 5.95. The van der Waals surface area contributed by atoms with Gasteiger partial charge in [0, 0.05) is 78.5 Å². The van der Waals surface area contributed by atoms with Crippen molar-refractivity contribution in [1.82, 2.24) is 30.4 Å². The van der Waals surface area contributed by atoms with Crippen molar-refractivity contribution in [3.05, 3.63) is 83.4 Å². The Bertz CT molecular complexity index is 1670. The maximum atomic E-state index is 13.0. The van der Waals surface area contributed by atoms with E-state index in [9.17, 15) is 39.3 Å². The summed E-state index contributed by atoms with van der Waals surface area (Å²) in [6, 6.07) is 20.4. The molecule has 291 valence electrons. The molecule has 1 fully saturated rings. The van der Waals surface area contributed by atoms with Gasteiger partial charge in [-0.25, -0.2) is 5.48 Å². The van der Waals surface area contributed by atoms with Crippen molar-refractivity contribution < 1.29 is 84.1 Å². The molecule has 0 aromatic heterocycles. The SMILES string of the molecule is N[C@H](Cc1ccc2ccccc2c1)C(=O)NOCc1ccc(CNC(=O)CN2CCN(CC(=O)[O-])CCN(CC(=O)[O-])CCN(CC(=O)[O-])CC2)cc1.[Gd+3]. The predicted octanol–water partition coefficient (Wildman–Crippen LogP) is -3.95. The number of nitrogens with one attached hydrogen (secondary N) is 2. The van der Waals surface area contributed by atoms with E-state index in [0.29, 0.717) is 19.5 Å². The van der Waals surface area contributed by atoms with Gasteiger partial charge in [0.2, 0.25) is 5.91 Å². The van der Waals surface area contributed by atoms with Crippen LogP contribution in [-0.2, 0) is 48.4 Å². The second-order valence-corrected chi connectivity index (χ2v) is 13.1. The third-order valence-corrected chi connectivity index (χ3v) is 8.89. The molecule has 0 saturated carbocycles. The maximum absolute atomic E-state index is 13.0. The van der Waals surface area contributed by atoms with E-state index in [-0.39, 0.29) is 124 Å². The number of aliphatic carboxylic acids is 3. The Kier molecular flexibility index (Phi) is 19.3. The first kappa shape index (κ1) is 44.7. The quantitative estimate of drug-likeness (QED) is 0.117. The molecule has 0 unspecified atom stereocenters. The average Bonchev–Trinajstić information content (AvgIpc) is 3.11. The van der Waals surface area contributed by atoms with E-state index in [1.165, 1.54) is 0 Å². The molecule has 1 saturated heterocycles. The van der Waals surface area contributed by atoms with Gasteiger partial charge in [0.25, 0.3) is 5.91 Å². The summed E-state index contributed by atoms with van der Waals surface area (Å²) in [7, 11) is 0. The Morgan fingerprint density at radius 3 is 1.57 bits per heavy atom. The molecule has 2 amide bonds. The zero-order valence-electron chi connectivity index (χ0n) is 29.9. The fourth-order valence-electron chi connectivity index (χ4n) is 5.95. The molecule has 0 aliphatic carbocycles. The minimum Gasteiger partial charge on any atom is -0.549 e. The molecule has 1 aliphatic rings. The van der Waals surface area contributed by atoms with Crippen LogP contribution in [0.4, 0.5) is 0 Å². The molecule has 3 aromatic carbocycles. The van der Waals surface area contributed by atoms with Crippen molar-refractivity contribution in [2.75, 3.05) is 78.5 Å². The van der Waals surface area contributed by atoms with Crippen molar-refractivity contribution in [2.45, 2.75) is 25.6 Å². The van der Waals surface area contributed by atoms with E-state index in [1.807, 2.05) is 71.6 Å². The molecule has 17 heteroatoms. The molecular weight excluding hydrogens is 844 g/mol. The van der Waals surface area contributed by atoms with E-state index >= 15 is 0 Å². The molecule has 1 atom stereocenters. The average molecular weight is 890 g/mol. The minimum atomic E-state index is -1.30. The summed E-state index contributed by atoms with van der Waals surface area (Å²) in [5.41, 5.74) is 11.1. The van der Waals surface area contributed by atoms with Gasteiger partial charge in [-0.3, -0.25) is 34.0 Å². The van der Waals surface area contributed by atoms with Gasteiger partial charge in [0.15, 0.2) is 0 Å². The largest absolute Gasteiger partial charge is 3.00 e. The summed E-state index contributed by atoms with van der Waals surface area (Å²) in [6.07, 6.45) is 0.354. The zero-order valence-corrected chi connectivity index (χ0v) is 32.2. The van der Waals surface area contributed by atoms with Crippen LogP contribution >= 0.6 is 0 Å². The van der Waals surface area contributed by atoms with Crippen LogP contribution in [0.25, 0.3) is 10.8 Å². The van der Waals surface area contributed by atoms with Crippen LogP contribution in [0.5, 0.6) is 0 Å². The number of hydrogen-bond donors (Lipinski definition) is 3. The molecule has 0 spiro atoms. The molecule has 3 aromatic rings. The topological polar surface area (TPSA) is 227 Å². The number of benzene rings is 3. The van der Waals surface area contributed by atoms with Crippen LogP contribution < -0.4 is 31.9 Å². The predicted molar refractivity (Wildman–Crippen MR) is 188 cm³/mol. The number of hydrogen-bond acceptors (Lipinski definition) is 14. The van der Waals surface area contributed by atoms with E-state index in [1.54, 1.807) is 14.7 Å². The summed E-state index contributed by atoms with van der Waals surface area (Å²) in [5, 5.41) is 39.1. The Balaban J connectivity index is 0.00000784. The molecule has 1 aliphatic heterocycles. The number of hydroxylamine groups is 1. The second kappa shape index (κ2) is 23.3. The van der Waals surface area contributed by atoms with Crippen molar-refractivity contribution in [2.24, 2.45) is 5.73 Å². The number of carbonyl (C=O) groups excluding carboxylic acids is 5. The van der Waals surface area contributed by atoms with Gasteiger partial charge in [-0.15, -0.1) is 0 Å². The van der Waals surface area contributed by atoms with Gasteiger partial charge >= 0.3 is 39.9 Å². The van der Waals surface area contributed by atoms with Crippen LogP contribution in [0.15, 0.2) is 66.7 Å². The van der Waals surface area contributed by atoms with Crippen LogP contribution in [-0.4, -0.2) is 134 Å². The van der Waals surface area contributed by atoms with Gasteiger partial charge in [0.1, 0.15) is 0 Å². The Morgan fingerprint density at radius 2 is 1.07 bits per heavy atom. The molecule has 1 radical (unpaired) electrons. The molecule has 0 bridgehead atoms. The van der Waals surface area contributed by atoms with Crippen molar-refractivity contribution in [1.29, 1.82) is 0 Å². The molecule has 4 N–H and O–H groups in total. The molecule has 16 nitrogen and oxygen atoms in total. The summed E-state index contributed by atoms with van der Waals surface area (Å²) in [6.45, 7) is 1.12. The van der Waals surface area contributed by atoms with E-state index in [2.05, 4.69) is 10.8 Å². The van der Waals surface area contributed by atoms with Gasteiger partial charge < -0.3 is 40.8 Å². The molecule has 4 rings (SSSR count). The molecular formula is C37H46GdN7O9. The normalized spacial score (nSPS) is 15.9. The summed E-state index contributed by atoms with van der Waals surface area (Å²) in [4.78, 5) is 71.6. The number of amides is 2. The summed E-state index contributed by atoms with van der Waals surface area (Å²) < 4.78 is 0. The number of nitrogens with zero attached hydrogens (tertiary/aromatic N) is 4. The van der Waals surface area contributed by atoms with Crippen LogP contribution in [0, 0.1) is 39.9 Å². The number of rotatable bonds is 16. The Hall–Kier alpha value is -3.65. The Labute approximate surface area is 346 Å². The van der Waals surface area contributed by atoms with E-state index in [4.69, 9.17) is 10.6 Å². The Morgan fingerprint density at radius 1 is 0.630 bits per heavy atom. The second-order valence-electron chi connectivity index (χ2n) is 13.1. The van der Waals surface area contributed by atoms with Crippen LogP contribution in [0.1, 0.15) is 16.7 Å².